The fourth-order valence-corrected chi connectivity index (χ4v) is 4.52. The number of ether oxygens (including phenoxy) is 4. The van der Waals surface area contributed by atoms with Crippen LogP contribution >= 0.6 is 0 Å². The number of nitrogens with zero attached hydrogens (tertiary/aromatic N) is 1. The maximum Gasteiger partial charge on any atom is 0.254 e. The molecule has 1 atom stereocenters. The molecule has 1 saturated heterocycles. The van der Waals surface area contributed by atoms with Crippen LogP contribution in [0.15, 0.2) is 60.7 Å². The maximum atomic E-state index is 13.4. The standard InChI is InChI=1S/C28H29NO5/c1-19-6-3-4-9-25(19)21-14-22-17-29(28(30)20-7-5-8-23(15-20)31-2)11-13-33-27(22)26(16-21)34-24-10-12-32-18-24/h3-9,14-16,24H,10-13,17-18H2,1-2H3. The van der Waals surface area contributed by atoms with E-state index in [1.807, 2.05) is 35.2 Å². The molecule has 2 aliphatic heterocycles. The number of aryl methyl sites for hydroxylation is 1. The number of methoxy groups -OCH3 is 1. The Morgan fingerprint density at radius 2 is 1.94 bits per heavy atom. The van der Waals surface area contributed by atoms with Crippen molar-refractivity contribution in [3.63, 3.8) is 0 Å². The number of amides is 1. The van der Waals surface area contributed by atoms with Crippen molar-refractivity contribution in [3.05, 3.63) is 77.4 Å². The SMILES string of the molecule is COc1cccc(C(=O)N2CCOc3c(cc(-c4ccccc4C)cc3OC3CCOC3)C2)c1. The fraction of sp³-hybridized carbons (Fsp3) is 0.321. The minimum atomic E-state index is -0.0525. The van der Waals surface area contributed by atoms with E-state index in [1.165, 1.54) is 5.56 Å². The van der Waals surface area contributed by atoms with Crippen molar-refractivity contribution < 1.29 is 23.7 Å². The Bertz CT molecular complexity index is 1190. The van der Waals surface area contributed by atoms with Gasteiger partial charge in [-0.25, -0.2) is 0 Å². The number of rotatable bonds is 5. The number of carbonyl (C=O) groups excluding carboxylic acids is 1. The summed E-state index contributed by atoms with van der Waals surface area (Å²) in [5, 5.41) is 0. The molecule has 176 valence electrons. The van der Waals surface area contributed by atoms with Crippen molar-refractivity contribution in [3.8, 4) is 28.4 Å². The molecule has 0 spiro atoms. The minimum absolute atomic E-state index is 0.00223. The van der Waals surface area contributed by atoms with Crippen LogP contribution in [0.25, 0.3) is 11.1 Å². The zero-order valence-electron chi connectivity index (χ0n) is 19.6. The summed E-state index contributed by atoms with van der Waals surface area (Å²) in [5.74, 6) is 2.03. The van der Waals surface area contributed by atoms with Crippen molar-refractivity contribution in [1.29, 1.82) is 0 Å². The molecule has 1 unspecified atom stereocenters. The lowest BCUT2D eigenvalue weighted by atomic mass is 9.97. The van der Waals surface area contributed by atoms with Gasteiger partial charge >= 0.3 is 0 Å². The monoisotopic (exact) mass is 459 g/mol. The Morgan fingerprint density at radius 1 is 1.06 bits per heavy atom. The first-order chi connectivity index (χ1) is 16.6. The summed E-state index contributed by atoms with van der Waals surface area (Å²) in [7, 11) is 1.60. The summed E-state index contributed by atoms with van der Waals surface area (Å²) >= 11 is 0. The second-order valence-corrected chi connectivity index (χ2v) is 8.69. The molecule has 1 amide bonds. The third-order valence-corrected chi connectivity index (χ3v) is 6.34. The highest BCUT2D eigenvalue weighted by Gasteiger charge is 2.27. The van der Waals surface area contributed by atoms with Gasteiger partial charge in [0.15, 0.2) is 11.5 Å². The number of hydrogen-bond acceptors (Lipinski definition) is 5. The Labute approximate surface area is 200 Å². The summed E-state index contributed by atoms with van der Waals surface area (Å²) in [6.07, 6.45) is 0.849. The predicted molar refractivity (Wildman–Crippen MR) is 130 cm³/mol. The zero-order valence-corrected chi connectivity index (χ0v) is 19.6. The van der Waals surface area contributed by atoms with E-state index in [0.717, 1.165) is 23.1 Å². The van der Waals surface area contributed by atoms with Crippen LogP contribution in [0.5, 0.6) is 17.2 Å². The molecule has 6 heteroatoms. The molecule has 34 heavy (non-hydrogen) atoms. The number of fused-ring (bicyclic) bond motifs is 1. The molecule has 0 radical (unpaired) electrons. The minimum Gasteiger partial charge on any atom is -0.497 e. The first-order valence-electron chi connectivity index (χ1n) is 11.7. The van der Waals surface area contributed by atoms with Crippen molar-refractivity contribution in [2.75, 3.05) is 33.5 Å². The molecule has 0 saturated carbocycles. The van der Waals surface area contributed by atoms with Gasteiger partial charge in [0.2, 0.25) is 0 Å². The lowest BCUT2D eigenvalue weighted by Gasteiger charge is -2.21. The Kier molecular flexibility index (Phi) is 6.41. The molecular weight excluding hydrogens is 430 g/mol. The van der Waals surface area contributed by atoms with E-state index in [0.29, 0.717) is 55.7 Å². The summed E-state index contributed by atoms with van der Waals surface area (Å²) in [6, 6.07) is 19.7. The highest BCUT2D eigenvalue weighted by molar-refractivity contribution is 5.94. The van der Waals surface area contributed by atoms with Gasteiger partial charge in [-0.1, -0.05) is 30.3 Å². The molecule has 1 fully saturated rings. The van der Waals surface area contributed by atoms with Crippen molar-refractivity contribution in [2.45, 2.75) is 26.0 Å². The van der Waals surface area contributed by atoms with Gasteiger partial charge in [-0.15, -0.1) is 0 Å². The number of carbonyl (C=O) groups is 1. The molecule has 0 aromatic heterocycles. The maximum absolute atomic E-state index is 13.4. The molecule has 0 N–H and O–H groups in total. The van der Waals surface area contributed by atoms with Crippen molar-refractivity contribution >= 4 is 5.91 Å². The Morgan fingerprint density at radius 3 is 2.74 bits per heavy atom. The van der Waals surface area contributed by atoms with Crippen LogP contribution in [0.3, 0.4) is 0 Å². The zero-order chi connectivity index (χ0) is 23.5. The van der Waals surface area contributed by atoms with Gasteiger partial charge in [0.25, 0.3) is 5.91 Å². The molecule has 3 aromatic rings. The highest BCUT2D eigenvalue weighted by Crippen LogP contribution is 2.40. The topological polar surface area (TPSA) is 57.2 Å². The van der Waals surface area contributed by atoms with Crippen LogP contribution in [-0.4, -0.2) is 50.4 Å². The van der Waals surface area contributed by atoms with Crippen LogP contribution in [0.4, 0.5) is 0 Å². The molecule has 3 aromatic carbocycles. The molecule has 2 aliphatic rings. The normalized spacial score (nSPS) is 17.5. The quantitative estimate of drug-likeness (QED) is 0.545. The van der Waals surface area contributed by atoms with Crippen LogP contribution in [-0.2, 0) is 11.3 Å². The molecule has 2 heterocycles. The number of benzene rings is 3. The average molecular weight is 460 g/mol. The van der Waals surface area contributed by atoms with E-state index in [-0.39, 0.29) is 12.0 Å². The molecule has 6 nitrogen and oxygen atoms in total. The van der Waals surface area contributed by atoms with E-state index < -0.39 is 0 Å². The molecule has 5 rings (SSSR count). The van der Waals surface area contributed by atoms with Gasteiger partial charge in [-0.05, 0) is 53.9 Å². The van der Waals surface area contributed by atoms with Gasteiger partial charge in [0.1, 0.15) is 18.5 Å². The summed E-state index contributed by atoms with van der Waals surface area (Å²) < 4.78 is 23.4. The summed E-state index contributed by atoms with van der Waals surface area (Å²) in [6.45, 7) is 4.68. The largest absolute Gasteiger partial charge is 0.497 e. The Hall–Kier alpha value is -3.51. The van der Waals surface area contributed by atoms with Crippen molar-refractivity contribution in [1.82, 2.24) is 4.90 Å². The fourth-order valence-electron chi connectivity index (χ4n) is 4.52. The molecular formula is C28H29NO5. The first kappa shape index (κ1) is 22.3. The molecule has 0 bridgehead atoms. The summed E-state index contributed by atoms with van der Waals surface area (Å²) in [5.41, 5.74) is 4.88. The highest BCUT2D eigenvalue weighted by atomic mass is 16.6. The van der Waals surface area contributed by atoms with Gasteiger partial charge < -0.3 is 23.8 Å². The van der Waals surface area contributed by atoms with Crippen molar-refractivity contribution in [2.24, 2.45) is 0 Å². The van der Waals surface area contributed by atoms with Gasteiger partial charge in [0, 0.05) is 24.1 Å². The summed E-state index contributed by atoms with van der Waals surface area (Å²) in [4.78, 5) is 15.2. The van der Waals surface area contributed by atoms with Crippen LogP contribution < -0.4 is 14.2 Å². The lowest BCUT2D eigenvalue weighted by molar-refractivity contribution is 0.0732. The third-order valence-electron chi connectivity index (χ3n) is 6.34. The van der Waals surface area contributed by atoms with Gasteiger partial charge in [0.05, 0.1) is 26.9 Å². The average Bonchev–Trinajstić information content (AvgIpc) is 3.27. The predicted octanol–water partition coefficient (Wildman–Crippen LogP) is 4.87. The number of hydrogen-bond donors (Lipinski definition) is 0. The van der Waals surface area contributed by atoms with Gasteiger partial charge in [-0.2, -0.15) is 0 Å². The van der Waals surface area contributed by atoms with E-state index in [1.54, 1.807) is 13.2 Å². The Balaban J connectivity index is 1.52. The van der Waals surface area contributed by atoms with Crippen LogP contribution in [0.2, 0.25) is 0 Å². The first-order valence-corrected chi connectivity index (χ1v) is 11.7. The smallest absolute Gasteiger partial charge is 0.254 e. The van der Waals surface area contributed by atoms with E-state index in [4.69, 9.17) is 18.9 Å². The van der Waals surface area contributed by atoms with E-state index in [9.17, 15) is 4.79 Å². The van der Waals surface area contributed by atoms with Crippen LogP contribution in [0.1, 0.15) is 27.9 Å². The van der Waals surface area contributed by atoms with E-state index >= 15 is 0 Å². The van der Waals surface area contributed by atoms with E-state index in [2.05, 4.69) is 31.2 Å². The van der Waals surface area contributed by atoms with Crippen LogP contribution in [0, 0.1) is 6.92 Å². The second kappa shape index (κ2) is 9.77. The third kappa shape index (κ3) is 4.59. The second-order valence-electron chi connectivity index (χ2n) is 8.69. The van der Waals surface area contributed by atoms with Gasteiger partial charge in [-0.3, -0.25) is 4.79 Å². The lowest BCUT2D eigenvalue weighted by Crippen LogP contribution is -2.32. The molecule has 0 aliphatic carbocycles.